The number of ether oxygens (including phenoxy) is 4. The van der Waals surface area contributed by atoms with Gasteiger partial charge >= 0.3 is 0 Å². The summed E-state index contributed by atoms with van der Waals surface area (Å²) in [6.07, 6.45) is 0.273. The molecule has 0 aliphatic heterocycles. The molecule has 1 N–H and O–H groups in total. The molecular formula is C21H26O6S. The molecule has 28 heavy (non-hydrogen) atoms. The fourth-order valence-corrected chi connectivity index (χ4v) is 3.81. The second-order valence-electron chi connectivity index (χ2n) is 5.90. The first-order valence-electron chi connectivity index (χ1n) is 8.77. The summed E-state index contributed by atoms with van der Waals surface area (Å²) in [5, 5.41) is 9.09. The highest BCUT2D eigenvalue weighted by Gasteiger charge is 2.22. The van der Waals surface area contributed by atoms with Gasteiger partial charge in [0.25, 0.3) is 0 Å². The van der Waals surface area contributed by atoms with Gasteiger partial charge in [0.15, 0.2) is 17.3 Å². The van der Waals surface area contributed by atoms with Crippen LogP contribution in [0.2, 0.25) is 0 Å². The zero-order chi connectivity index (χ0) is 20.5. The summed E-state index contributed by atoms with van der Waals surface area (Å²) in [5.41, 5.74) is 1.48. The minimum Gasteiger partial charge on any atom is -0.497 e. The molecule has 0 saturated carbocycles. The summed E-state index contributed by atoms with van der Waals surface area (Å²) < 4.78 is 21.4. The van der Waals surface area contributed by atoms with Gasteiger partial charge in [-0.2, -0.15) is 11.8 Å². The lowest BCUT2D eigenvalue weighted by Gasteiger charge is -2.20. The Hall–Kier alpha value is -2.38. The second-order valence-corrected chi connectivity index (χ2v) is 7.21. The van der Waals surface area contributed by atoms with Gasteiger partial charge in [-0.3, -0.25) is 4.79 Å². The number of hydrogen-bond acceptors (Lipinski definition) is 7. The van der Waals surface area contributed by atoms with Crippen LogP contribution in [-0.4, -0.2) is 51.7 Å². The van der Waals surface area contributed by atoms with Crippen LogP contribution in [-0.2, 0) is 0 Å². The highest BCUT2D eigenvalue weighted by Crippen LogP contribution is 2.43. The number of hydrogen-bond donors (Lipinski definition) is 1. The van der Waals surface area contributed by atoms with E-state index in [2.05, 4.69) is 0 Å². The number of Topliss-reactive ketones (excluding diaryl/α,β-unsaturated/α-hetero) is 1. The first kappa shape index (κ1) is 21.9. The number of methoxy groups -OCH3 is 4. The van der Waals surface area contributed by atoms with E-state index >= 15 is 0 Å². The quantitative estimate of drug-likeness (QED) is 0.570. The van der Waals surface area contributed by atoms with Crippen molar-refractivity contribution in [2.75, 3.05) is 40.8 Å². The van der Waals surface area contributed by atoms with Crippen molar-refractivity contribution in [3.63, 3.8) is 0 Å². The lowest BCUT2D eigenvalue weighted by atomic mass is 10.0. The molecule has 152 valence electrons. The third-order valence-electron chi connectivity index (χ3n) is 4.25. The molecule has 7 heteroatoms. The average molecular weight is 407 g/mol. The Bertz CT molecular complexity index is 750. The van der Waals surface area contributed by atoms with E-state index in [1.54, 1.807) is 52.7 Å². The van der Waals surface area contributed by atoms with Crippen LogP contribution in [0.5, 0.6) is 23.0 Å². The van der Waals surface area contributed by atoms with Crippen molar-refractivity contribution in [1.29, 1.82) is 0 Å². The topological polar surface area (TPSA) is 74.2 Å². The predicted molar refractivity (Wildman–Crippen MR) is 110 cm³/mol. The van der Waals surface area contributed by atoms with Gasteiger partial charge in [-0.15, -0.1) is 0 Å². The fourth-order valence-electron chi connectivity index (χ4n) is 2.82. The zero-order valence-corrected chi connectivity index (χ0v) is 17.4. The molecule has 2 aromatic rings. The molecule has 0 bridgehead atoms. The van der Waals surface area contributed by atoms with E-state index in [0.717, 1.165) is 5.56 Å². The lowest BCUT2D eigenvalue weighted by Crippen LogP contribution is -2.08. The summed E-state index contributed by atoms with van der Waals surface area (Å²) in [7, 11) is 6.24. The molecule has 0 fully saturated rings. The van der Waals surface area contributed by atoms with Gasteiger partial charge in [0.1, 0.15) is 5.75 Å². The molecule has 2 rings (SSSR count). The Labute approximate surface area is 169 Å². The van der Waals surface area contributed by atoms with Crippen molar-refractivity contribution in [2.45, 2.75) is 11.7 Å². The molecule has 0 aliphatic rings. The molecule has 0 aromatic heterocycles. The Morgan fingerprint density at radius 3 is 2.04 bits per heavy atom. The number of carbonyl (C=O) groups excluding carboxylic acids is 1. The SMILES string of the molecule is COc1ccc(C(=O)C[C@H](SCCO)c2cc(OC)c(OC)c(OC)c2)cc1. The smallest absolute Gasteiger partial charge is 0.203 e. The van der Waals surface area contributed by atoms with E-state index in [9.17, 15) is 9.90 Å². The largest absolute Gasteiger partial charge is 0.497 e. The summed E-state index contributed by atoms with van der Waals surface area (Å²) in [4.78, 5) is 12.8. The zero-order valence-electron chi connectivity index (χ0n) is 16.6. The molecule has 0 aliphatic carbocycles. The molecule has 1 atom stereocenters. The fraction of sp³-hybridized carbons (Fsp3) is 0.381. The minimum absolute atomic E-state index is 0.00634. The summed E-state index contributed by atoms with van der Waals surface area (Å²) in [6.45, 7) is 0.0301. The predicted octanol–water partition coefficient (Wildman–Crippen LogP) is 3.76. The van der Waals surface area contributed by atoms with Crippen molar-refractivity contribution < 1.29 is 28.8 Å². The Morgan fingerprint density at radius 1 is 0.964 bits per heavy atom. The van der Waals surface area contributed by atoms with Gasteiger partial charge in [-0.05, 0) is 42.0 Å². The summed E-state index contributed by atoms with van der Waals surface area (Å²) in [6, 6.07) is 10.7. The standard InChI is InChI=1S/C21H26O6S/c1-24-16-7-5-14(6-8-16)17(23)13-20(28-10-9-22)15-11-18(25-2)21(27-4)19(12-15)26-3/h5-8,11-12,20,22H,9-10,13H2,1-4H3/t20-/m0/s1. The van der Waals surface area contributed by atoms with E-state index in [4.69, 9.17) is 18.9 Å². The normalized spacial score (nSPS) is 11.6. The molecule has 0 unspecified atom stereocenters. The highest BCUT2D eigenvalue weighted by atomic mass is 32.2. The van der Waals surface area contributed by atoms with Crippen molar-refractivity contribution in [2.24, 2.45) is 0 Å². The molecule has 0 spiro atoms. The number of carbonyl (C=O) groups is 1. The van der Waals surface area contributed by atoms with Gasteiger partial charge in [-0.25, -0.2) is 0 Å². The summed E-state index contributed by atoms with van der Waals surface area (Å²) in [5.74, 6) is 2.78. The molecule has 0 heterocycles. The lowest BCUT2D eigenvalue weighted by molar-refractivity contribution is 0.0982. The monoisotopic (exact) mass is 406 g/mol. The maximum absolute atomic E-state index is 12.8. The van der Waals surface area contributed by atoms with Crippen LogP contribution in [0.1, 0.15) is 27.6 Å². The van der Waals surface area contributed by atoms with E-state index in [0.29, 0.717) is 34.3 Å². The van der Waals surface area contributed by atoms with Crippen LogP contribution in [0, 0.1) is 0 Å². The Morgan fingerprint density at radius 2 is 1.57 bits per heavy atom. The number of rotatable bonds is 11. The molecule has 6 nitrogen and oxygen atoms in total. The van der Waals surface area contributed by atoms with Crippen LogP contribution in [0.15, 0.2) is 36.4 Å². The molecule has 2 aromatic carbocycles. The maximum Gasteiger partial charge on any atom is 0.203 e. The average Bonchev–Trinajstić information content (AvgIpc) is 2.75. The van der Waals surface area contributed by atoms with Gasteiger partial charge in [-0.1, -0.05) is 0 Å². The maximum atomic E-state index is 12.8. The van der Waals surface area contributed by atoms with Crippen LogP contribution < -0.4 is 18.9 Å². The minimum atomic E-state index is -0.171. The number of aliphatic hydroxyl groups is 1. The molecule has 0 saturated heterocycles. The number of thioether (sulfide) groups is 1. The third-order valence-corrected chi connectivity index (χ3v) is 5.51. The number of ketones is 1. The highest BCUT2D eigenvalue weighted by molar-refractivity contribution is 7.99. The van der Waals surface area contributed by atoms with Gasteiger partial charge in [0, 0.05) is 23.0 Å². The van der Waals surface area contributed by atoms with Crippen LogP contribution >= 0.6 is 11.8 Å². The molecular weight excluding hydrogens is 380 g/mol. The van der Waals surface area contributed by atoms with Crippen molar-refractivity contribution in [3.8, 4) is 23.0 Å². The first-order chi connectivity index (χ1) is 13.6. The number of benzene rings is 2. The summed E-state index contributed by atoms with van der Waals surface area (Å²) >= 11 is 1.51. The first-order valence-corrected chi connectivity index (χ1v) is 9.82. The van der Waals surface area contributed by atoms with Crippen LogP contribution in [0.25, 0.3) is 0 Å². The van der Waals surface area contributed by atoms with Crippen molar-refractivity contribution >= 4 is 17.5 Å². The van der Waals surface area contributed by atoms with Crippen LogP contribution in [0.3, 0.4) is 0 Å². The van der Waals surface area contributed by atoms with E-state index < -0.39 is 0 Å². The second kappa shape index (κ2) is 10.8. The van der Waals surface area contributed by atoms with E-state index in [1.807, 2.05) is 12.1 Å². The van der Waals surface area contributed by atoms with Crippen molar-refractivity contribution in [3.05, 3.63) is 47.5 Å². The van der Waals surface area contributed by atoms with Gasteiger partial charge in [0.05, 0.1) is 35.0 Å². The van der Waals surface area contributed by atoms with Gasteiger partial charge < -0.3 is 24.1 Å². The van der Waals surface area contributed by atoms with Gasteiger partial charge in [0.2, 0.25) is 5.75 Å². The molecule has 0 radical (unpaired) electrons. The van der Waals surface area contributed by atoms with E-state index in [-0.39, 0.29) is 24.1 Å². The third kappa shape index (κ3) is 5.33. The van der Waals surface area contributed by atoms with Crippen molar-refractivity contribution in [1.82, 2.24) is 0 Å². The molecule has 0 amide bonds. The van der Waals surface area contributed by atoms with Crippen LogP contribution in [0.4, 0.5) is 0 Å². The Kier molecular flexibility index (Phi) is 8.47. The number of aliphatic hydroxyl groups excluding tert-OH is 1. The Balaban J connectivity index is 2.33. The van der Waals surface area contributed by atoms with E-state index in [1.165, 1.54) is 11.8 Å².